The van der Waals surface area contributed by atoms with Gasteiger partial charge in [0.05, 0.1) is 0 Å². The first-order chi connectivity index (χ1) is 10.3. The summed E-state index contributed by atoms with van der Waals surface area (Å²) in [6.45, 7) is 14.4. The largest absolute Gasteiger partial charge is 0.147 e. The van der Waals surface area contributed by atoms with E-state index in [9.17, 15) is 0 Å². The summed E-state index contributed by atoms with van der Waals surface area (Å²) in [7, 11) is 0. The predicted molar refractivity (Wildman–Crippen MR) is 107 cm³/mol. The van der Waals surface area contributed by atoms with Gasteiger partial charge < -0.3 is 0 Å². The Kier molecular flexibility index (Phi) is 7.47. The van der Waals surface area contributed by atoms with Crippen LogP contribution >= 0.6 is 24.8 Å². The minimum atomic E-state index is -0.616. The van der Waals surface area contributed by atoms with Gasteiger partial charge in [0.25, 0.3) is 0 Å². The van der Waals surface area contributed by atoms with Crippen LogP contribution in [0.1, 0.15) is 73.6 Å². The third-order valence-electron chi connectivity index (χ3n) is 6.62. The summed E-state index contributed by atoms with van der Waals surface area (Å²) in [6.07, 6.45) is 12.1. The van der Waals surface area contributed by atoms with Crippen LogP contribution in [-0.2, 0) is 23.2 Å². The van der Waals surface area contributed by atoms with Crippen LogP contribution in [0.3, 0.4) is 0 Å². The van der Waals surface area contributed by atoms with Crippen LogP contribution in [0.5, 0.6) is 0 Å². The summed E-state index contributed by atoms with van der Waals surface area (Å²) >= 11 is -0.616. The number of hydrogen-bond acceptors (Lipinski definition) is 0. The first kappa shape index (κ1) is 22.5. The second-order valence-corrected chi connectivity index (χ2v) is 11.7. The summed E-state index contributed by atoms with van der Waals surface area (Å²) in [5, 5.41) is 0. The van der Waals surface area contributed by atoms with Gasteiger partial charge in [-0.15, -0.1) is 24.8 Å². The molecule has 0 N–H and O–H groups in total. The van der Waals surface area contributed by atoms with E-state index in [2.05, 4.69) is 53.7 Å². The van der Waals surface area contributed by atoms with Gasteiger partial charge in [-0.3, -0.25) is 0 Å². The van der Waals surface area contributed by atoms with Crippen molar-refractivity contribution >= 4 is 24.8 Å². The Hall–Kier alpha value is 0.423. The van der Waals surface area contributed by atoms with Gasteiger partial charge in [-0.05, 0) is 0 Å². The normalized spacial score (nSPS) is 24.4. The molecule has 0 radical (unpaired) electrons. The summed E-state index contributed by atoms with van der Waals surface area (Å²) in [6, 6.07) is 0. The van der Waals surface area contributed by atoms with Gasteiger partial charge in [-0.2, -0.15) is 0 Å². The van der Waals surface area contributed by atoms with E-state index in [4.69, 9.17) is 0 Å². The second kappa shape index (κ2) is 7.98. The number of hydrogen-bond donors (Lipinski definition) is 0. The van der Waals surface area contributed by atoms with Gasteiger partial charge in [0, 0.05) is 0 Å². The molecule has 3 aliphatic carbocycles. The van der Waals surface area contributed by atoms with E-state index in [1.54, 1.807) is 25.6 Å². The van der Waals surface area contributed by atoms with Crippen molar-refractivity contribution in [3.05, 3.63) is 41.0 Å². The Morgan fingerprint density at radius 2 is 1.50 bits per heavy atom. The third kappa shape index (κ3) is 3.74. The molecule has 0 aromatic carbocycles. The molecule has 3 heteroatoms. The number of halogens is 2. The van der Waals surface area contributed by atoms with Crippen molar-refractivity contribution in [1.29, 1.82) is 0 Å². The first-order valence-corrected chi connectivity index (χ1v) is 11.3. The molecule has 0 nitrogen and oxygen atoms in total. The second-order valence-electron chi connectivity index (χ2n) is 8.30. The third-order valence-corrected chi connectivity index (χ3v) is 11.3. The number of rotatable bonds is 3. The minimum Gasteiger partial charge on any atom is -0.147 e. The van der Waals surface area contributed by atoms with Crippen molar-refractivity contribution in [1.82, 2.24) is 0 Å². The average molecular weight is 447 g/mol. The Labute approximate surface area is 172 Å². The Balaban J connectivity index is 0.00000144. The molecule has 0 saturated heterocycles. The van der Waals surface area contributed by atoms with E-state index in [0.717, 1.165) is 0 Å². The topological polar surface area (TPSA) is 0 Å². The Morgan fingerprint density at radius 1 is 0.917 bits per heavy atom. The maximum absolute atomic E-state index is 2.62. The van der Waals surface area contributed by atoms with Crippen molar-refractivity contribution in [2.24, 2.45) is 10.8 Å². The van der Waals surface area contributed by atoms with Crippen LogP contribution in [0.15, 0.2) is 41.0 Å². The molecule has 0 atom stereocenters. The van der Waals surface area contributed by atoms with Crippen molar-refractivity contribution in [3.8, 4) is 0 Å². The molecule has 1 saturated carbocycles. The molecule has 3 aliphatic rings. The Morgan fingerprint density at radius 3 is 2.00 bits per heavy atom. The fourth-order valence-electron chi connectivity index (χ4n) is 4.48. The molecule has 0 spiro atoms. The van der Waals surface area contributed by atoms with E-state index in [1.807, 2.05) is 3.28 Å². The molecule has 0 aromatic heterocycles. The van der Waals surface area contributed by atoms with Gasteiger partial charge in [0.15, 0.2) is 0 Å². The standard InChI is InChI=1S/C11H15.C10H15.2ClH.Zr/c1-11(8-4-5-9-11)10-6-2-3-7-10;1-7-6-10(4,5)9(3)8(7)2;;;/h6-7H,2,4-5,8-9H2,1H3;1-5H3;2*1H;. The predicted octanol–water partition coefficient (Wildman–Crippen LogP) is 7.36. The van der Waals surface area contributed by atoms with Crippen molar-refractivity contribution in [3.63, 3.8) is 0 Å². The maximum atomic E-state index is 2.62. The molecular weight excluding hydrogens is 414 g/mol. The monoisotopic (exact) mass is 444 g/mol. The van der Waals surface area contributed by atoms with Gasteiger partial charge in [0.1, 0.15) is 0 Å². The molecule has 0 aliphatic heterocycles. The van der Waals surface area contributed by atoms with Crippen LogP contribution in [0.25, 0.3) is 0 Å². The summed E-state index contributed by atoms with van der Waals surface area (Å²) in [5.41, 5.74) is 7.29. The van der Waals surface area contributed by atoms with Gasteiger partial charge in [-0.1, -0.05) is 0 Å². The summed E-state index contributed by atoms with van der Waals surface area (Å²) in [4.78, 5) is 0. The van der Waals surface area contributed by atoms with E-state index < -0.39 is 23.2 Å². The molecule has 0 amide bonds. The van der Waals surface area contributed by atoms with Crippen molar-refractivity contribution < 1.29 is 23.2 Å². The maximum Gasteiger partial charge on any atom is -0.147 e. The van der Waals surface area contributed by atoms with Gasteiger partial charge >= 0.3 is 149 Å². The van der Waals surface area contributed by atoms with E-state index in [0.29, 0.717) is 10.8 Å². The zero-order valence-corrected chi connectivity index (χ0v) is 20.1. The average Bonchev–Trinajstić information content (AvgIpc) is 3.14. The smallest absolute Gasteiger partial charge is 0.147 e. The van der Waals surface area contributed by atoms with Crippen LogP contribution in [0, 0.1) is 10.8 Å². The molecule has 0 heterocycles. The molecule has 0 bridgehead atoms. The SMILES string of the molecule is CC1=C(C)C(C)(C)[C]([Zr][C]2=CC(C3(C)CCCC3)=CC2)=C1C.Cl.Cl. The van der Waals surface area contributed by atoms with E-state index >= 15 is 0 Å². The molecule has 24 heavy (non-hydrogen) atoms. The molecular formula is C21H32Cl2Zr. The van der Waals surface area contributed by atoms with E-state index in [1.165, 1.54) is 32.1 Å². The molecule has 0 aromatic rings. The molecule has 3 rings (SSSR count). The van der Waals surface area contributed by atoms with Crippen LogP contribution in [0.2, 0.25) is 0 Å². The summed E-state index contributed by atoms with van der Waals surface area (Å²) < 4.78 is 3.63. The van der Waals surface area contributed by atoms with E-state index in [-0.39, 0.29) is 24.8 Å². The Bertz CT molecular complexity index is 626. The fraction of sp³-hybridized carbons (Fsp3) is 0.619. The van der Waals surface area contributed by atoms with Crippen molar-refractivity contribution in [2.45, 2.75) is 73.6 Å². The molecule has 0 unspecified atom stereocenters. The molecule has 134 valence electrons. The quantitative estimate of drug-likeness (QED) is 0.425. The number of allylic oxidation sites excluding steroid dienone is 8. The van der Waals surface area contributed by atoms with Gasteiger partial charge in [-0.25, -0.2) is 0 Å². The molecule has 1 fully saturated rings. The van der Waals surface area contributed by atoms with Crippen LogP contribution < -0.4 is 0 Å². The van der Waals surface area contributed by atoms with Crippen LogP contribution in [0.4, 0.5) is 0 Å². The zero-order valence-electron chi connectivity index (χ0n) is 16.0. The fourth-order valence-corrected chi connectivity index (χ4v) is 8.48. The zero-order chi connectivity index (χ0) is 16.1. The summed E-state index contributed by atoms with van der Waals surface area (Å²) in [5.74, 6) is 0. The first-order valence-electron chi connectivity index (χ1n) is 8.83. The minimum absolute atomic E-state index is 0. The van der Waals surface area contributed by atoms with Gasteiger partial charge in [0.2, 0.25) is 0 Å². The van der Waals surface area contributed by atoms with Crippen LogP contribution in [-0.4, -0.2) is 0 Å². The van der Waals surface area contributed by atoms with Crippen molar-refractivity contribution in [2.75, 3.05) is 0 Å².